The second-order valence-corrected chi connectivity index (χ2v) is 8.44. The molecule has 1 N–H and O–H groups in total. The number of amides is 3. The van der Waals surface area contributed by atoms with Gasteiger partial charge in [0.2, 0.25) is 0 Å². The Labute approximate surface area is 195 Å². The number of likely N-dealkylation sites (N-methyl/N-ethyl adjacent to an activating group) is 1. The molecule has 8 nitrogen and oxygen atoms in total. The third kappa shape index (κ3) is 5.63. The van der Waals surface area contributed by atoms with Crippen molar-refractivity contribution in [1.82, 2.24) is 15.2 Å². The molecule has 1 aliphatic heterocycles. The van der Waals surface area contributed by atoms with Crippen LogP contribution in [0.15, 0.2) is 47.6 Å². The zero-order valence-corrected chi connectivity index (χ0v) is 20.1. The Morgan fingerprint density at radius 1 is 1.15 bits per heavy atom. The van der Waals surface area contributed by atoms with Crippen LogP contribution in [0.4, 0.5) is 4.79 Å². The number of ether oxygens (including phenoxy) is 2. The van der Waals surface area contributed by atoms with Crippen molar-refractivity contribution in [2.45, 2.75) is 39.3 Å². The molecular formula is C25H32N4O4. The van der Waals surface area contributed by atoms with E-state index in [4.69, 9.17) is 14.6 Å². The summed E-state index contributed by atoms with van der Waals surface area (Å²) in [5, 5.41) is 8.99. The lowest BCUT2D eigenvalue weighted by molar-refractivity contribution is -0.133. The van der Waals surface area contributed by atoms with Crippen molar-refractivity contribution in [1.29, 1.82) is 0 Å². The number of hydrogen-bond donors (Lipinski definition) is 1. The van der Waals surface area contributed by atoms with Crippen LogP contribution in [-0.2, 0) is 4.79 Å². The predicted octanol–water partition coefficient (Wildman–Crippen LogP) is 3.74. The molecule has 0 spiro atoms. The average Bonchev–Trinajstić information content (AvgIpc) is 3.24. The molecule has 0 aliphatic carbocycles. The summed E-state index contributed by atoms with van der Waals surface area (Å²) >= 11 is 0. The van der Waals surface area contributed by atoms with E-state index >= 15 is 0 Å². The van der Waals surface area contributed by atoms with Gasteiger partial charge >= 0.3 is 6.03 Å². The highest BCUT2D eigenvalue weighted by atomic mass is 16.5. The lowest BCUT2D eigenvalue weighted by atomic mass is 9.97. The second-order valence-electron chi connectivity index (χ2n) is 8.44. The van der Waals surface area contributed by atoms with Gasteiger partial charge in [-0.05, 0) is 38.5 Å². The monoisotopic (exact) mass is 452 g/mol. The number of nitrogens with one attached hydrogen (secondary N) is 1. The van der Waals surface area contributed by atoms with Crippen LogP contribution in [0.1, 0.15) is 43.0 Å². The zero-order chi connectivity index (χ0) is 24.1. The van der Waals surface area contributed by atoms with Crippen LogP contribution >= 0.6 is 0 Å². The van der Waals surface area contributed by atoms with Crippen LogP contribution in [-0.4, -0.2) is 61.4 Å². The second kappa shape index (κ2) is 10.4. The Kier molecular flexibility index (Phi) is 7.58. The van der Waals surface area contributed by atoms with Gasteiger partial charge in [-0.2, -0.15) is 5.10 Å². The fourth-order valence-corrected chi connectivity index (χ4v) is 3.69. The highest BCUT2D eigenvalue weighted by molar-refractivity contribution is 6.05. The molecule has 0 bridgehead atoms. The van der Waals surface area contributed by atoms with Gasteiger partial charge in [-0.1, -0.05) is 29.8 Å². The summed E-state index contributed by atoms with van der Waals surface area (Å²) in [7, 11) is 4.79. The maximum absolute atomic E-state index is 13.3. The van der Waals surface area contributed by atoms with Gasteiger partial charge in [0.25, 0.3) is 5.91 Å². The number of nitrogens with zero attached hydrogens (tertiary/aromatic N) is 3. The third-order valence-corrected chi connectivity index (χ3v) is 5.48. The van der Waals surface area contributed by atoms with Gasteiger partial charge in [0.1, 0.15) is 18.0 Å². The zero-order valence-electron chi connectivity index (χ0n) is 20.1. The number of rotatable bonds is 7. The number of methoxy groups -OCH3 is 2. The Morgan fingerprint density at radius 3 is 2.45 bits per heavy atom. The summed E-state index contributed by atoms with van der Waals surface area (Å²) in [5.74, 6) is 1.04. The predicted molar refractivity (Wildman–Crippen MR) is 128 cm³/mol. The SMILES string of the molecule is COc1ccc(C2=NN(C(=O)CN(C)C(=O)NC(C)C)[C@@H](c3ccc(C)cc3)C2)c(OC)c1. The number of hydrogen-bond acceptors (Lipinski definition) is 5. The van der Waals surface area contributed by atoms with Gasteiger partial charge in [0, 0.05) is 31.1 Å². The normalized spacial score (nSPS) is 15.3. The standard InChI is InChI=1S/C25H32N4O4/c1-16(2)26-25(31)28(4)15-24(30)29-22(18-9-7-17(3)8-10-18)14-21(27-29)20-12-11-19(32-5)13-23(20)33-6/h7-13,16,22H,14-15H2,1-6H3,(H,26,31)/t22-/m1/s1. The Balaban J connectivity index is 1.92. The Morgan fingerprint density at radius 2 is 1.85 bits per heavy atom. The minimum absolute atomic E-state index is 0.0192. The maximum Gasteiger partial charge on any atom is 0.317 e. The van der Waals surface area contributed by atoms with Crippen molar-refractivity contribution in [2.75, 3.05) is 27.8 Å². The highest BCUT2D eigenvalue weighted by Crippen LogP contribution is 2.36. The molecule has 0 aromatic heterocycles. The number of carbonyl (C=O) groups is 2. The van der Waals surface area contributed by atoms with E-state index in [-0.39, 0.29) is 30.6 Å². The summed E-state index contributed by atoms with van der Waals surface area (Å²) in [6, 6.07) is 13.0. The van der Waals surface area contributed by atoms with E-state index in [0.717, 1.165) is 22.4 Å². The van der Waals surface area contributed by atoms with Crippen LogP contribution in [0.3, 0.4) is 0 Å². The van der Waals surface area contributed by atoms with Crippen LogP contribution in [0.2, 0.25) is 0 Å². The Hall–Kier alpha value is -3.55. The first-order valence-electron chi connectivity index (χ1n) is 10.9. The first-order chi connectivity index (χ1) is 15.7. The molecule has 1 heterocycles. The quantitative estimate of drug-likeness (QED) is 0.694. The van der Waals surface area contributed by atoms with Gasteiger partial charge in [-0.3, -0.25) is 4.79 Å². The van der Waals surface area contributed by atoms with Gasteiger partial charge in [0.15, 0.2) is 0 Å². The molecule has 0 saturated carbocycles. The highest BCUT2D eigenvalue weighted by Gasteiger charge is 2.34. The van der Waals surface area contributed by atoms with Crippen molar-refractivity contribution in [2.24, 2.45) is 5.10 Å². The molecule has 0 radical (unpaired) electrons. The number of urea groups is 1. The molecule has 2 aromatic rings. The molecule has 1 aliphatic rings. The minimum atomic E-state index is -0.301. The Bertz CT molecular complexity index is 1030. The van der Waals surface area contributed by atoms with Crippen molar-refractivity contribution >= 4 is 17.6 Å². The summed E-state index contributed by atoms with van der Waals surface area (Å²) in [4.78, 5) is 26.9. The first kappa shape index (κ1) is 24.1. The van der Waals surface area contributed by atoms with Crippen molar-refractivity contribution in [3.8, 4) is 11.5 Å². The maximum atomic E-state index is 13.3. The fourth-order valence-electron chi connectivity index (χ4n) is 3.69. The molecular weight excluding hydrogens is 420 g/mol. The first-order valence-corrected chi connectivity index (χ1v) is 10.9. The summed E-state index contributed by atoms with van der Waals surface area (Å²) in [6.07, 6.45) is 0.527. The number of aryl methyl sites for hydroxylation is 1. The number of hydrazone groups is 1. The molecule has 0 fully saturated rings. The topological polar surface area (TPSA) is 83.5 Å². The molecule has 0 unspecified atom stereocenters. The molecule has 33 heavy (non-hydrogen) atoms. The largest absolute Gasteiger partial charge is 0.497 e. The van der Waals surface area contributed by atoms with Gasteiger partial charge in [-0.15, -0.1) is 0 Å². The lowest BCUT2D eigenvalue weighted by Crippen LogP contribution is -2.45. The smallest absolute Gasteiger partial charge is 0.317 e. The molecule has 176 valence electrons. The van der Waals surface area contributed by atoms with Crippen molar-refractivity contribution in [3.05, 3.63) is 59.2 Å². The van der Waals surface area contributed by atoms with Gasteiger partial charge in [-0.25, -0.2) is 9.80 Å². The van der Waals surface area contributed by atoms with E-state index in [1.54, 1.807) is 27.3 Å². The van der Waals surface area contributed by atoms with Crippen molar-refractivity contribution < 1.29 is 19.1 Å². The van der Waals surface area contributed by atoms with E-state index in [0.29, 0.717) is 17.9 Å². The molecule has 2 aromatic carbocycles. The third-order valence-electron chi connectivity index (χ3n) is 5.48. The van der Waals surface area contributed by atoms with E-state index in [9.17, 15) is 9.59 Å². The van der Waals surface area contributed by atoms with E-state index in [1.165, 1.54) is 9.91 Å². The number of benzene rings is 2. The molecule has 3 rings (SSSR count). The summed E-state index contributed by atoms with van der Waals surface area (Å²) < 4.78 is 10.9. The van der Waals surface area contributed by atoms with E-state index < -0.39 is 0 Å². The lowest BCUT2D eigenvalue weighted by Gasteiger charge is -2.25. The van der Waals surface area contributed by atoms with Crippen LogP contribution in [0.5, 0.6) is 11.5 Å². The summed E-state index contributed by atoms with van der Waals surface area (Å²) in [5.41, 5.74) is 3.66. The van der Waals surface area contributed by atoms with Crippen molar-refractivity contribution in [3.63, 3.8) is 0 Å². The van der Waals surface area contributed by atoms with Crippen LogP contribution < -0.4 is 14.8 Å². The number of carbonyl (C=O) groups excluding carboxylic acids is 2. The molecule has 0 saturated heterocycles. The fraction of sp³-hybridized carbons (Fsp3) is 0.400. The van der Waals surface area contributed by atoms with Crippen LogP contribution in [0.25, 0.3) is 0 Å². The van der Waals surface area contributed by atoms with Crippen LogP contribution in [0, 0.1) is 6.92 Å². The minimum Gasteiger partial charge on any atom is -0.497 e. The van der Waals surface area contributed by atoms with E-state index in [1.807, 2.05) is 57.2 Å². The van der Waals surface area contributed by atoms with E-state index in [2.05, 4.69) is 5.32 Å². The average molecular weight is 453 g/mol. The molecule has 8 heteroatoms. The van der Waals surface area contributed by atoms with Gasteiger partial charge < -0.3 is 19.7 Å². The molecule has 3 amide bonds. The summed E-state index contributed by atoms with van der Waals surface area (Å²) in [6.45, 7) is 5.69. The molecule has 1 atom stereocenters. The van der Waals surface area contributed by atoms with Gasteiger partial charge in [0.05, 0.1) is 26.0 Å².